The summed E-state index contributed by atoms with van der Waals surface area (Å²) >= 11 is 5.90. The molecular formula is C15H15ClN2O4. The highest BCUT2D eigenvalue weighted by Crippen LogP contribution is 2.34. The van der Waals surface area contributed by atoms with E-state index >= 15 is 0 Å². The summed E-state index contributed by atoms with van der Waals surface area (Å²) in [5.74, 6) is 0.480. The first-order valence-corrected chi connectivity index (χ1v) is 6.94. The van der Waals surface area contributed by atoms with Gasteiger partial charge in [-0.2, -0.15) is 5.10 Å². The van der Waals surface area contributed by atoms with Crippen LogP contribution in [0.3, 0.4) is 0 Å². The summed E-state index contributed by atoms with van der Waals surface area (Å²) in [5, 5.41) is 13.7. The van der Waals surface area contributed by atoms with Crippen LogP contribution in [0.5, 0.6) is 11.5 Å². The van der Waals surface area contributed by atoms with Gasteiger partial charge in [0.1, 0.15) is 5.76 Å². The van der Waals surface area contributed by atoms with E-state index in [2.05, 4.69) is 10.5 Å². The number of phenolic OH excluding ortho intramolecular Hbond substituents is 1. The number of hydrogen-bond acceptors (Lipinski definition) is 5. The van der Waals surface area contributed by atoms with Crippen LogP contribution in [0.1, 0.15) is 28.8 Å². The average Bonchev–Trinajstić information content (AvgIpc) is 2.91. The Morgan fingerprint density at radius 3 is 2.91 bits per heavy atom. The van der Waals surface area contributed by atoms with E-state index < -0.39 is 5.91 Å². The first-order valence-electron chi connectivity index (χ1n) is 6.56. The van der Waals surface area contributed by atoms with E-state index in [9.17, 15) is 9.90 Å². The summed E-state index contributed by atoms with van der Waals surface area (Å²) in [6, 6.07) is 6.32. The van der Waals surface area contributed by atoms with Gasteiger partial charge in [-0.25, -0.2) is 5.43 Å². The number of amides is 1. The van der Waals surface area contributed by atoms with Crippen molar-refractivity contribution in [1.82, 2.24) is 5.43 Å². The SMILES string of the molecule is CCOc1cc(/C=N/NC(=O)c2ccc(C)o2)cc(Cl)c1O. The van der Waals surface area contributed by atoms with Gasteiger partial charge < -0.3 is 14.3 Å². The maximum atomic E-state index is 11.7. The van der Waals surface area contributed by atoms with Gasteiger partial charge in [0.15, 0.2) is 17.3 Å². The van der Waals surface area contributed by atoms with E-state index in [4.69, 9.17) is 20.8 Å². The summed E-state index contributed by atoms with van der Waals surface area (Å²) in [5.41, 5.74) is 2.91. The van der Waals surface area contributed by atoms with Crippen molar-refractivity contribution < 1.29 is 19.1 Å². The molecule has 1 aromatic heterocycles. The van der Waals surface area contributed by atoms with Crippen LogP contribution in [0.2, 0.25) is 5.02 Å². The van der Waals surface area contributed by atoms with Gasteiger partial charge in [0.2, 0.25) is 0 Å². The number of aromatic hydroxyl groups is 1. The highest BCUT2D eigenvalue weighted by Gasteiger charge is 2.10. The number of ether oxygens (including phenoxy) is 1. The van der Waals surface area contributed by atoms with Crippen molar-refractivity contribution in [2.45, 2.75) is 13.8 Å². The quantitative estimate of drug-likeness (QED) is 0.654. The fourth-order valence-electron chi connectivity index (χ4n) is 1.71. The van der Waals surface area contributed by atoms with Crippen LogP contribution in [0.15, 0.2) is 33.8 Å². The molecule has 2 rings (SSSR count). The van der Waals surface area contributed by atoms with Crippen LogP contribution in [-0.2, 0) is 0 Å². The molecule has 0 radical (unpaired) electrons. The van der Waals surface area contributed by atoms with Crippen LogP contribution >= 0.6 is 11.6 Å². The molecule has 0 aliphatic heterocycles. The van der Waals surface area contributed by atoms with Crippen molar-refractivity contribution in [1.29, 1.82) is 0 Å². The number of furan rings is 1. The van der Waals surface area contributed by atoms with Gasteiger partial charge >= 0.3 is 5.91 Å². The van der Waals surface area contributed by atoms with E-state index in [1.165, 1.54) is 12.3 Å². The zero-order valence-electron chi connectivity index (χ0n) is 12.1. The summed E-state index contributed by atoms with van der Waals surface area (Å²) in [6.07, 6.45) is 1.39. The van der Waals surface area contributed by atoms with E-state index in [1.807, 2.05) is 0 Å². The van der Waals surface area contributed by atoms with Crippen molar-refractivity contribution >= 4 is 23.7 Å². The Hall–Kier alpha value is -2.47. The number of aryl methyl sites for hydroxylation is 1. The highest BCUT2D eigenvalue weighted by atomic mass is 35.5. The molecule has 22 heavy (non-hydrogen) atoms. The van der Waals surface area contributed by atoms with Gasteiger partial charge in [-0.15, -0.1) is 0 Å². The molecule has 0 aliphatic carbocycles. The number of hydrogen-bond donors (Lipinski definition) is 2. The number of benzene rings is 1. The summed E-state index contributed by atoms with van der Waals surface area (Å²) in [6.45, 7) is 3.92. The number of carbonyl (C=O) groups excluding carboxylic acids is 1. The third kappa shape index (κ3) is 3.79. The third-order valence-electron chi connectivity index (χ3n) is 2.69. The van der Waals surface area contributed by atoms with Gasteiger partial charge in [-0.3, -0.25) is 4.79 Å². The smallest absolute Gasteiger partial charge is 0.307 e. The maximum Gasteiger partial charge on any atom is 0.307 e. The Bertz CT molecular complexity index is 710. The lowest BCUT2D eigenvalue weighted by Crippen LogP contribution is -2.16. The Kier molecular flexibility index (Phi) is 5.06. The second-order valence-corrected chi connectivity index (χ2v) is 4.80. The van der Waals surface area contributed by atoms with Gasteiger partial charge in [-0.1, -0.05) is 11.6 Å². The zero-order valence-corrected chi connectivity index (χ0v) is 12.8. The zero-order chi connectivity index (χ0) is 16.1. The van der Waals surface area contributed by atoms with Crippen LogP contribution in [-0.4, -0.2) is 23.8 Å². The molecule has 1 amide bonds. The van der Waals surface area contributed by atoms with Crippen LogP contribution in [0.25, 0.3) is 0 Å². The standard InChI is InChI=1S/C15H15ClN2O4/c1-3-21-13-7-10(6-11(16)14(13)19)8-17-18-15(20)12-5-4-9(2)22-12/h4-8,19H,3H2,1-2H3,(H,18,20)/b17-8+. The summed E-state index contributed by atoms with van der Waals surface area (Å²) in [7, 11) is 0. The molecular weight excluding hydrogens is 308 g/mol. The van der Waals surface area contributed by atoms with Gasteiger partial charge in [-0.05, 0) is 43.7 Å². The molecule has 6 nitrogen and oxygen atoms in total. The molecule has 0 saturated heterocycles. The highest BCUT2D eigenvalue weighted by molar-refractivity contribution is 6.32. The molecule has 2 aromatic rings. The van der Waals surface area contributed by atoms with Crippen molar-refractivity contribution in [3.63, 3.8) is 0 Å². The molecule has 0 bridgehead atoms. The topological polar surface area (TPSA) is 84.1 Å². The van der Waals surface area contributed by atoms with E-state index in [1.54, 1.807) is 32.0 Å². The molecule has 0 saturated carbocycles. The molecule has 2 N–H and O–H groups in total. The molecule has 0 spiro atoms. The number of nitrogens with one attached hydrogen (secondary N) is 1. The van der Waals surface area contributed by atoms with E-state index in [0.29, 0.717) is 17.9 Å². The molecule has 0 fully saturated rings. The minimum atomic E-state index is -0.459. The summed E-state index contributed by atoms with van der Waals surface area (Å²) < 4.78 is 10.4. The lowest BCUT2D eigenvalue weighted by Gasteiger charge is -2.08. The average molecular weight is 323 g/mol. The second kappa shape index (κ2) is 7.00. The molecule has 1 aromatic carbocycles. The van der Waals surface area contributed by atoms with Gasteiger partial charge in [0.25, 0.3) is 0 Å². The van der Waals surface area contributed by atoms with Crippen LogP contribution < -0.4 is 10.2 Å². The van der Waals surface area contributed by atoms with Gasteiger partial charge in [0, 0.05) is 0 Å². The van der Waals surface area contributed by atoms with Crippen LogP contribution in [0.4, 0.5) is 0 Å². The fraction of sp³-hybridized carbons (Fsp3) is 0.200. The maximum absolute atomic E-state index is 11.7. The van der Waals surface area contributed by atoms with Crippen molar-refractivity contribution in [2.24, 2.45) is 5.10 Å². The second-order valence-electron chi connectivity index (χ2n) is 4.39. The molecule has 0 atom stereocenters. The first kappa shape index (κ1) is 15.9. The molecule has 7 heteroatoms. The minimum Gasteiger partial charge on any atom is -0.503 e. The van der Waals surface area contributed by atoms with Crippen molar-refractivity contribution in [3.8, 4) is 11.5 Å². The number of carbonyl (C=O) groups is 1. The van der Waals surface area contributed by atoms with Crippen molar-refractivity contribution in [2.75, 3.05) is 6.61 Å². The lowest BCUT2D eigenvalue weighted by molar-refractivity contribution is 0.0926. The third-order valence-corrected chi connectivity index (χ3v) is 2.98. The van der Waals surface area contributed by atoms with Crippen LogP contribution in [0, 0.1) is 6.92 Å². The van der Waals surface area contributed by atoms with E-state index in [-0.39, 0.29) is 22.3 Å². The Labute approximate surface area is 132 Å². The number of phenols is 1. The molecule has 0 aliphatic rings. The van der Waals surface area contributed by atoms with Crippen molar-refractivity contribution in [3.05, 3.63) is 46.4 Å². The number of hydrazone groups is 1. The Balaban J connectivity index is 2.08. The number of halogens is 1. The lowest BCUT2D eigenvalue weighted by atomic mass is 10.2. The predicted molar refractivity (Wildman–Crippen MR) is 82.8 cm³/mol. The number of nitrogens with zero attached hydrogens (tertiary/aromatic N) is 1. The molecule has 0 unspecified atom stereocenters. The normalized spacial score (nSPS) is 10.9. The fourth-order valence-corrected chi connectivity index (χ4v) is 1.93. The Morgan fingerprint density at radius 2 is 2.27 bits per heavy atom. The van der Waals surface area contributed by atoms with E-state index in [0.717, 1.165) is 0 Å². The monoisotopic (exact) mass is 322 g/mol. The minimum absolute atomic E-state index is 0.129. The first-order chi connectivity index (χ1) is 10.5. The summed E-state index contributed by atoms with van der Waals surface area (Å²) in [4.78, 5) is 11.7. The molecule has 116 valence electrons. The largest absolute Gasteiger partial charge is 0.503 e. The van der Waals surface area contributed by atoms with Gasteiger partial charge in [0.05, 0.1) is 17.8 Å². The number of rotatable bonds is 5. The molecule has 1 heterocycles. The Morgan fingerprint density at radius 1 is 1.50 bits per heavy atom. The predicted octanol–water partition coefficient (Wildman–Crippen LogP) is 3.11.